The molecule has 0 aliphatic heterocycles. The zero-order valence-electron chi connectivity index (χ0n) is 12.1. The van der Waals surface area contributed by atoms with E-state index in [0.29, 0.717) is 13.1 Å². The van der Waals surface area contributed by atoms with Crippen molar-refractivity contribution >= 4 is 17.9 Å². The lowest BCUT2D eigenvalue weighted by Gasteiger charge is -2.21. The fraction of sp³-hybridized carbons (Fsp3) is 0.538. The summed E-state index contributed by atoms with van der Waals surface area (Å²) in [5.74, 6) is -1.47. The van der Waals surface area contributed by atoms with E-state index in [0.717, 1.165) is 0 Å². The minimum Gasteiger partial charge on any atom is -0.481 e. The highest BCUT2D eigenvalue weighted by atomic mass is 16.4. The summed E-state index contributed by atoms with van der Waals surface area (Å²) in [7, 11) is 0. The van der Waals surface area contributed by atoms with Crippen LogP contribution in [0.4, 0.5) is 4.79 Å². The number of carboxylic acid groups (broad SMARTS) is 1. The van der Waals surface area contributed by atoms with Crippen LogP contribution in [0, 0.1) is 5.41 Å². The second-order valence-corrected chi connectivity index (χ2v) is 5.52. The maximum Gasteiger partial charge on any atom is 0.321 e. The number of imide groups is 1. The third-order valence-electron chi connectivity index (χ3n) is 2.74. The van der Waals surface area contributed by atoms with Gasteiger partial charge in [-0.05, 0) is 5.41 Å². The molecule has 8 heteroatoms. The van der Waals surface area contributed by atoms with E-state index in [9.17, 15) is 14.4 Å². The molecule has 0 bridgehead atoms. The van der Waals surface area contributed by atoms with Crippen LogP contribution in [-0.4, -0.2) is 39.1 Å². The fourth-order valence-electron chi connectivity index (χ4n) is 1.84. The van der Waals surface area contributed by atoms with Gasteiger partial charge in [-0.2, -0.15) is 0 Å². The number of aromatic nitrogens is 2. The maximum absolute atomic E-state index is 11.7. The van der Waals surface area contributed by atoms with Gasteiger partial charge in [-0.3, -0.25) is 14.9 Å². The lowest BCUT2D eigenvalue weighted by atomic mass is 9.85. The largest absolute Gasteiger partial charge is 0.481 e. The Kier molecular flexibility index (Phi) is 5.89. The van der Waals surface area contributed by atoms with Crippen LogP contribution in [0.5, 0.6) is 0 Å². The minimum absolute atomic E-state index is 0.0335. The van der Waals surface area contributed by atoms with Crippen molar-refractivity contribution in [1.82, 2.24) is 20.2 Å². The summed E-state index contributed by atoms with van der Waals surface area (Å²) in [6.45, 7) is 4.23. The first-order valence-corrected chi connectivity index (χ1v) is 6.54. The van der Waals surface area contributed by atoms with Gasteiger partial charge in [-0.1, -0.05) is 13.8 Å². The highest BCUT2D eigenvalue weighted by Gasteiger charge is 2.25. The van der Waals surface area contributed by atoms with E-state index in [1.54, 1.807) is 37.1 Å². The number of rotatable bonds is 7. The SMILES string of the molecule is CC(C)(CC(=O)O)CC(=O)NC(=O)NCCn1ccnc1. The molecule has 116 valence electrons. The molecule has 0 aliphatic carbocycles. The molecule has 0 unspecified atom stereocenters. The van der Waals surface area contributed by atoms with Crippen molar-refractivity contribution < 1.29 is 19.5 Å². The van der Waals surface area contributed by atoms with E-state index in [2.05, 4.69) is 15.6 Å². The molecule has 0 aromatic carbocycles. The van der Waals surface area contributed by atoms with Gasteiger partial charge in [0, 0.05) is 31.9 Å². The summed E-state index contributed by atoms with van der Waals surface area (Å²) in [5.41, 5.74) is -0.701. The van der Waals surface area contributed by atoms with Crippen molar-refractivity contribution in [2.75, 3.05) is 6.54 Å². The van der Waals surface area contributed by atoms with Crippen LogP contribution in [0.3, 0.4) is 0 Å². The molecule has 0 aliphatic rings. The number of hydrogen-bond acceptors (Lipinski definition) is 4. The Bertz CT molecular complexity index is 496. The summed E-state index contributed by atoms with van der Waals surface area (Å²) in [5, 5.41) is 13.5. The van der Waals surface area contributed by atoms with Crippen molar-refractivity contribution in [3.8, 4) is 0 Å². The van der Waals surface area contributed by atoms with E-state index in [4.69, 9.17) is 5.11 Å². The molecule has 1 aromatic rings. The molecule has 8 nitrogen and oxygen atoms in total. The second-order valence-electron chi connectivity index (χ2n) is 5.52. The maximum atomic E-state index is 11.7. The number of carboxylic acids is 1. The van der Waals surface area contributed by atoms with Crippen LogP contribution in [0.15, 0.2) is 18.7 Å². The molecule has 1 aromatic heterocycles. The molecule has 0 atom stereocenters. The van der Waals surface area contributed by atoms with Crippen LogP contribution in [0.1, 0.15) is 26.7 Å². The first-order chi connectivity index (χ1) is 9.78. The van der Waals surface area contributed by atoms with Crippen molar-refractivity contribution in [2.45, 2.75) is 33.2 Å². The predicted molar refractivity (Wildman–Crippen MR) is 74.4 cm³/mol. The van der Waals surface area contributed by atoms with Crippen LogP contribution in [0.2, 0.25) is 0 Å². The number of carbonyl (C=O) groups is 3. The van der Waals surface area contributed by atoms with Crippen molar-refractivity contribution in [2.24, 2.45) is 5.41 Å². The lowest BCUT2D eigenvalue weighted by molar-refractivity contribution is -0.139. The summed E-state index contributed by atoms with van der Waals surface area (Å²) >= 11 is 0. The van der Waals surface area contributed by atoms with Gasteiger partial charge in [-0.25, -0.2) is 9.78 Å². The molecule has 1 rings (SSSR count). The summed E-state index contributed by atoms with van der Waals surface area (Å²) in [6, 6.07) is -0.591. The Morgan fingerprint density at radius 1 is 1.29 bits per heavy atom. The minimum atomic E-state index is -0.974. The normalized spacial score (nSPS) is 11.0. The third-order valence-corrected chi connectivity index (χ3v) is 2.74. The van der Waals surface area contributed by atoms with Crippen LogP contribution >= 0.6 is 0 Å². The number of urea groups is 1. The number of carbonyl (C=O) groups excluding carboxylic acids is 2. The molecular weight excluding hydrogens is 276 g/mol. The predicted octanol–water partition coefficient (Wildman–Crippen LogP) is 0.600. The molecule has 3 N–H and O–H groups in total. The van der Waals surface area contributed by atoms with Crippen LogP contribution in [0.25, 0.3) is 0 Å². The number of imidazole rings is 1. The number of nitrogens with one attached hydrogen (secondary N) is 2. The fourth-order valence-corrected chi connectivity index (χ4v) is 1.84. The number of hydrogen-bond donors (Lipinski definition) is 3. The molecule has 21 heavy (non-hydrogen) atoms. The molecule has 0 spiro atoms. The van der Waals surface area contributed by atoms with Gasteiger partial charge in [0.2, 0.25) is 5.91 Å². The lowest BCUT2D eigenvalue weighted by Crippen LogP contribution is -2.42. The first kappa shape index (κ1) is 16.7. The average Bonchev–Trinajstić information content (AvgIpc) is 2.78. The van der Waals surface area contributed by atoms with Gasteiger partial charge < -0.3 is 15.0 Å². The van der Waals surface area contributed by atoms with Crippen molar-refractivity contribution in [3.63, 3.8) is 0 Å². The summed E-state index contributed by atoms with van der Waals surface area (Å²) in [4.78, 5) is 37.7. The van der Waals surface area contributed by atoms with E-state index in [1.165, 1.54) is 0 Å². The number of aliphatic carboxylic acids is 1. The molecule has 1 heterocycles. The zero-order chi connectivity index (χ0) is 15.9. The Balaban J connectivity index is 2.27. The van der Waals surface area contributed by atoms with E-state index < -0.39 is 23.3 Å². The van der Waals surface area contributed by atoms with E-state index >= 15 is 0 Å². The third kappa shape index (κ3) is 7.09. The van der Waals surface area contributed by atoms with Crippen LogP contribution < -0.4 is 10.6 Å². The highest BCUT2D eigenvalue weighted by Crippen LogP contribution is 2.24. The molecule has 0 saturated carbocycles. The molecule has 0 saturated heterocycles. The van der Waals surface area contributed by atoms with Gasteiger partial charge in [0.05, 0.1) is 12.7 Å². The second kappa shape index (κ2) is 7.41. The van der Waals surface area contributed by atoms with Crippen molar-refractivity contribution in [3.05, 3.63) is 18.7 Å². The topological polar surface area (TPSA) is 113 Å². The number of amides is 3. The van der Waals surface area contributed by atoms with Gasteiger partial charge >= 0.3 is 12.0 Å². The smallest absolute Gasteiger partial charge is 0.321 e. The van der Waals surface area contributed by atoms with Gasteiger partial charge in [0.25, 0.3) is 0 Å². The van der Waals surface area contributed by atoms with Crippen molar-refractivity contribution in [1.29, 1.82) is 0 Å². The molecule has 3 amide bonds. The van der Waals surface area contributed by atoms with E-state index in [-0.39, 0.29) is 12.8 Å². The molecule has 0 radical (unpaired) electrons. The van der Waals surface area contributed by atoms with E-state index in [1.807, 2.05) is 0 Å². The zero-order valence-corrected chi connectivity index (χ0v) is 12.1. The number of nitrogens with zero attached hydrogens (tertiary/aromatic N) is 2. The highest BCUT2D eigenvalue weighted by molar-refractivity contribution is 5.94. The Hall–Kier alpha value is -2.38. The Morgan fingerprint density at radius 3 is 2.57 bits per heavy atom. The van der Waals surface area contributed by atoms with Gasteiger partial charge in [0.1, 0.15) is 0 Å². The van der Waals surface area contributed by atoms with Crippen LogP contribution in [-0.2, 0) is 16.1 Å². The standard InChI is InChI=1S/C13H20N4O4/c1-13(2,8-11(19)20)7-10(18)16-12(21)15-4-6-17-5-3-14-9-17/h3,5,9H,4,6-8H2,1-2H3,(H,19,20)(H2,15,16,18,21). The van der Waals surface area contributed by atoms with Gasteiger partial charge in [0.15, 0.2) is 0 Å². The van der Waals surface area contributed by atoms with Gasteiger partial charge in [-0.15, -0.1) is 0 Å². The quantitative estimate of drug-likeness (QED) is 0.682. The Labute approximate surface area is 122 Å². The monoisotopic (exact) mass is 296 g/mol. The summed E-state index contributed by atoms with van der Waals surface area (Å²) < 4.78 is 1.79. The Morgan fingerprint density at radius 2 is 2.00 bits per heavy atom. The molecular formula is C13H20N4O4. The average molecular weight is 296 g/mol. The summed E-state index contributed by atoms with van der Waals surface area (Å²) in [6.07, 6.45) is 4.85. The molecule has 0 fully saturated rings. The first-order valence-electron chi connectivity index (χ1n) is 6.54.